The molecular formula is C36H31NO11. The molecule has 12 nitrogen and oxygen atoms in total. The zero-order valence-corrected chi connectivity index (χ0v) is 25.4. The molecule has 1 amide bonds. The molecular weight excluding hydrogens is 622 g/mol. The summed E-state index contributed by atoms with van der Waals surface area (Å²) < 4.78 is 21.1. The Kier molecular flexibility index (Phi) is 12.5. The fraction of sp³-hybridized carbons (Fsp3) is 0.167. The van der Waals surface area contributed by atoms with Gasteiger partial charge >= 0.3 is 29.8 Å². The lowest BCUT2D eigenvalue weighted by molar-refractivity contribution is -0.161. The van der Waals surface area contributed by atoms with Crippen LogP contribution < -0.4 is 5.32 Å². The van der Waals surface area contributed by atoms with Crippen LogP contribution in [0.1, 0.15) is 38.3 Å². The Labute approximate surface area is 275 Å². The number of benzene rings is 4. The molecule has 4 aromatic rings. The van der Waals surface area contributed by atoms with Gasteiger partial charge in [0.25, 0.3) is 5.91 Å². The van der Waals surface area contributed by atoms with E-state index in [-0.39, 0.29) is 24.3 Å². The first-order chi connectivity index (χ1) is 23.2. The van der Waals surface area contributed by atoms with Crippen LogP contribution in [0.3, 0.4) is 0 Å². The van der Waals surface area contributed by atoms with Gasteiger partial charge in [0.15, 0.2) is 0 Å². The van der Waals surface area contributed by atoms with Gasteiger partial charge in [-0.3, -0.25) is 9.59 Å². The van der Waals surface area contributed by atoms with Crippen LogP contribution in [0.15, 0.2) is 121 Å². The van der Waals surface area contributed by atoms with Gasteiger partial charge in [-0.05, 0) is 35.4 Å². The highest BCUT2D eigenvalue weighted by atomic mass is 16.6. The van der Waals surface area contributed by atoms with Crippen molar-refractivity contribution in [3.05, 3.63) is 144 Å². The van der Waals surface area contributed by atoms with Crippen molar-refractivity contribution in [2.24, 2.45) is 0 Å². The summed E-state index contributed by atoms with van der Waals surface area (Å²) >= 11 is 0. The summed E-state index contributed by atoms with van der Waals surface area (Å²) in [6.45, 7) is -0.350. The molecule has 0 saturated heterocycles. The van der Waals surface area contributed by atoms with Gasteiger partial charge in [-0.1, -0.05) is 97.1 Å². The Hall–Kier alpha value is -6.30. The average molecular weight is 654 g/mol. The van der Waals surface area contributed by atoms with E-state index in [0.29, 0.717) is 11.1 Å². The first kappa shape index (κ1) is 34.6. The summed E-state index contributed by atoms with van der Waals surface area (Å²) in [5, 5.41) is 12.3. The molecule has 0 aliphatic carbocycles. The largest absolute Gasteiger partial charge is 0.478 e. The average Bonchev–Trinajstić information content (AvgIpc) is 3.12. The highest BCUT2D eigenvalue weighted by Crippen LogP contribution is 2.15. The summed E-state index contributed by atoms with van der Waals surface area (Å²) in [6.07, 6.45) is -5.41. The predicted molar refractivity (Wildman–Crippen MR) is 168 cm³/mol. The van der Waals surface area contributed by atoms with Crippen molar-refractivity contribution < 1.29 is 52.8 Å². The second kappa shape index (κ2) is 17.4. The van der Waals surface area contributed by atoms with Crippen molar-refractivity contribution in [3.8, 4) is 0 Å². The molecule has 0 bridgehead atoms. The molecule has 4 rings (SSSR count). The fourth-order valence-electron chi connectivity index (χ4n) is 4.25. The number of carboxylic acid groups (broad SMARTS) is 1. The standard InChI is InChI=1S/C36H31NO11/c38-29(45-22-24-13-5-1-6-14-24)21-28(36(44)46-23-25-15-7-2-8-16-25)37-32(39)30(47-34(42)26-17-9-3-10-18-26)31(33(40)41)48-35(43)27-19-11-4-12-20-27/h1-20,28,30-31H,21-23H2,(H,37,39)(H,40,41)/t28?,30?,31-/m0/s1. The second-order valence-corrected chi connectivity index (χ2v) is 10.2. The smallest absolute Gasteiger partial charge is 0.349 e. The van der Waals surface area contributed by atoms with Gasteiger partial charge in [-0.2, -0.15) is 0 Å². The lowest BCUT2D eigenvalue weighted by Crippen LogP contribution is -2.54. The van der Waals surface area contributed by atoms with E-state index in [1.807, 2.05) is 0 Å². The molecule has 0 saturated carbocycles. The van der Waals surface area contributed by atoms with Crippen molar-refractivity contribution >= 4 is 35.8 Å². The zero-order chi connectivity index (χ0) is 34.3. The van der Waals surface area contributed by atoms with Crippen LogP contribution in [-0.4, -0.2) is 59.1 Å². The molecule has 4 aromatic carbocycles. The van der Waals surface area contributed by atoms with Crippen molar-refractivity contribution in [3.63, 3.8) is 0 Å². The molecule has 0 aliphatic rings. The summed E-state index contributed by atoms with van der Waals surface area (Å²) in [6, 6.07) is 30.2. The van der Waals surface area contributed by atoms with Crippen molar-refractivity contribution in [1.82, 2.24) is 5.32 Å². The van der Waals surface area contributed by atoms with E-state index in [0.717, 1.165) is 0 Å². The van der Waals surface area contributed by atoms with Gasteiger partial charge in [0.2, 0.25) is 12.2 Å². The van der Waals surface area contributed by atoms with Crippen molar-refractivity contribution in [2.75, 3.05) is 0 Å². The van der Waals surface area contributed by atoms with E-state index in [9.17, 15) is 33.9 Å². The van der Waals surface area contributed by atoms with Gasteiger partial charge in [0.05, 0.1) is 17.5 Å². The van der Waals surface area contributed by atoms with E-state index in [2.05, 4.69) is 5.32 Å². The van der Waals surface area contributed by atoms with Crippen LogP contribution in [0.5, 0.6) is 0 Å². The minimum atomic E-state index is -2.36. The molecule has 0 spiro atoms. The SMILES string of the molecule is O=C(CC(NC(=O)C(OC(=O)c1ccccc1)[C@H](OC(=O)c1ccccc1)C(=O)O)C(=O)OCc1ccccc1)OCc1ccccc1. The predicted octanol–water partition coefficient (Wildman–Crippen LogP) is 3.88. The molecule has 12 heteroatoms. The van der Waals surface area contributed by atoms with Crippen LogP contribution in [-0.2, 0) is 51.3 Å². The summed E-state index contributed by atoms with van der Waals surface area (Å²) in [5.41, 5.74) is 1.18. The third kappa shape index (κ3) is 10.4. The Bertz CT molecular complexity index is 1700. The number of carboxylic acids is 1. The minimum absolute atomic E-state index is 0.0409. The highest BCUT2D eigenvalue weighted by molar-refractivity contribution is 5.98. The van der Waals surface area contributed by atoms with Gasteiger partial charge in [0.1, 0.15) is 19.3 Å². The first-order valence-electron chi connectivity index (χ1n) is 14.7. The number of aliphatic carboxylic acids is 1. The van der Waals surface area contributed by atoms with Gasteiger partial charge in [-0.25, -0.2) is 19.2 Å². The number of carbonyl (C=O) groups is 6. The number of ether oxygens (including phenoxy) is 4. The molecule has 0 fully saturated rings. The highest BCUT2D eigenvalue weighted by Gasteiger charge is 2.42. The van der Waals surface area contributed by atoms with E-state index in [4.69, 9.17) is 18.9 Å². The molecule has 0 aromatic heterocycles. The summed E-state index contributed by atoms with van der Waals surface area (Å²) in [5.74, 6) is -7.40. The molecule has 0 radical (unpaired) electrons. The van der Waals surface area contributed by atoms with E-state index < -0.39 is 60.4 Å². The van der Waals surface area contributed by atoms with E-state index in [1.165, 1.54) is 48.5 Å². The normalized spacial score (nSPS) is 12.3. The summed E-state index contributed by atoms with van der Waals surface area (Å²) in [7, 11) is 0. The molecule has 2 unspecified atom stereocenters. The third-order valence-electron chi connectivity index (χ3n) is 6.70. The topological polar surface area (TPSA) is 172 Å². The molecule has 0 aliphatic heterocycles. The first-order valence-corrected chi connectivity index (χ1v) is 14.7. The number of hydrogen-bond acceptors (Lipinski definition) is 10. The molecule has 3 atom stereocenters. The molecule has 48 heavy (non-hydrogen) atoms. The number of amides is 1. The summed E-state index contributed by atoms with van der Waals surface area (Å²) in [4.78, 5) is 78.0. The fourth-order valence-corrected chi connectivity index (χ4v) is 4.25. The van der Waals surface area contributed by atoms with Gasteiger partial charge < -0.3 is 29.4 Å². The van der Waals surface area contributed by atoms with Gasteiger partial charge in [0, 0.05) is 0 Å². The Balaban J connectivity index is 1.58. The van der Waals surface area contributed by atoms with Crippen LogP contribution in [0, 0.1) is 0 Å². The number of hydrogen-bond donors (Lipinski definition) is 2. The van der Waals surface area contributed by atoms with Gasteiger partial charge in [-0.15, -0.1) is 0 Å². The lowest BCUT2D eigenvalue weighted by atomic mass is 10.1. The van der Waals surface area contributed by atoms with Crippen LogP contribution >= 0.6 is 0 Å². The quantitative estimate of drug-likeness (QED) is 0.141. The maximum atomic E-state index is 13.7. The lowest BCUT2D eigenvalue weighted by Gasteiger charge is -2.25. The Morgan fingerprint density at radius 1 is 0.562 bits per heavy atom. The monoisotopic (exact) mass is 653 g/mol. The Morgan fingerprint density at radius 3 is 1.44 bits per heavy atom. The zero-order valence-electron chi connectivity index (χ0n) is 25.4. The third-order valence-corrected chi connectivity index (χ3v) is 6.70. The van der Waals surface area contributed by atoms with Crippen molar-refractivity contribution in [1.29, 1.82) is 0 Å². The molecule has 246 valence electrons. The number of nitrogens with one attached hydrogen (secondary N) is 1. The number of rotatable bonds is 15. The Morgan fingerprint density at radius 2 is 0.979 bits per heavy atom. The van der Waals surface area contributed by atoms with E-state index >= 15 is 0 Å². The minimum Gasteiger partial charge on any atom is -0.478 e. The van der Waals surface area contributed by atoms with E-state index in [1.54, 1.807) is 72.8 Å². The maximum Gasteiger partial charge on any atom is 0.349 e. The maximum absolute atomic E-state index is 13.7. The van der Waals surface area contributed by atoms with Crippen LogP contribution in [0.2, 0.25) is 0 Å². The molecule has 0 heterocycles. The number of esters is 4. The second-order valence-electron chi connectivity index (χ2n) is 10.2. The van der Waals surface area contributed by atoms with Crippen LogP contribution in [0.25, 0.3) is 0 Å². The number of carbonyl (C=O) groups excluding carboxylic acids is 5. The van der Waals surface area contributed by atoms with Crippen molar-refractivity contribution in [2.45, 2.75) is 37.9 Å². The molecule has 2 N–H and O–H groups in total. The van der Waals surface area contributed by atoms with Crippen LogP contribution in [0.4, 0.5) is 0 Å².